The molecule has 0 radical (unpaired) electrons. The maximum Gasteiger partial charge on any atom is 0.328 e. The van der Waals surface area contributed by atoms with Crippen molar-refractivity contribution < 1.29 is 19.4 Å². The van der Waals surface area contributed by atoms with Gasteiger partial charge in [0.05, 0.1) is 12.1 Å². The highest BCUT2D eigenvalue weighted by molar-refractivity contribution is 5.84. The van der Waals surface area contributed by atoms with Gasteiger partial charge >= 0.3 is 5.97 Å². The van der Waals surface area contributed by atoms with Crippen LogP contribution in [0.4, 0.5) is 0 Å². The van der Waals surface area contributed by atoms with Crippen molar-refractivity contribution in [2.75, 3.05) is 13.2 Å². The molecule has 0 aliphatic carbocycles. The molecule has 48 heavy (non-hydrogen) atoms. The molecule has 4 atom stereocenters. The first-order valence-electron chi connectivity index (χ1n) is 20.2. The Bertz CT molecular complexity index is 777. The average Bonchev–Trinajstić information content (AvgIpc) is 3.06. The second kappa shape index (κ2) is 33.6. The van der Waals surface area contributed by atoms with E-state index in [0.717, 1.165) is 38.5 Å². The van der Waals surface area contributed by atoms with Crippen molar-refractivity contribution in [3.8, 4) is 0 Å². The zero-order valence-electron chi connectivity index (χ0n) is 31.7. The van der Waals surface area contributed by atoms with E-state index in [2.05, 4.69) is 24.2 Å². The van der Waals surface area contributed by atoms with Gasteiger partial charge in [-0.3, -0.25) is 9.79 Å². The number of nitrogens with zero attached hydrogens (tertiary/aromatic N) is 1. The molecule has 9 heteroatoms. The third-order valence-electron chi connectivity index (χ3n) is 9.54. The highest BCUT2D eigenvalue weighted by atomic mass is 16.5. The molecular weight excluding hydrogens is 602 g/mol. The van der Waals surface area contributed by atoms with Crippen molar-refractivity contribution in [1.82, 2.24) is 5.32 Å². The number of aliphatic hydroxyl groups excluding tert-OH is 1. The normalized spacial score (nSPS) is 13.9. The number of carbonyl (C=O) groups excluding carboxylic acids is 2. The molecule has 2 unspecified atom stereocenters. The third-order valence-corrected chi connectivity index (χ3v) is 9.54. The first kappa shape index (κ1) is 46.1. The summed E-state index contributed by atoms with van der Waals surface area (Å²) in [7, 11) is 0. The smallest absolute Gasteiger partial charge is 0.328 e. The Morgan fingerprint density at radius 2 is 1.08 bits per heavy atom. The summed E-state index contributed by atoms with van der Waals surface area (Å²) in [5, 5.41) is 13.6. The van der Waals surface area contributed by atoms with Gasteiger partial charge in [-0.15, -0.1) is 0 Å². The number of amides is 1. The van der Waals surface area contributed by atoms with Gasteiger partial charge in [-0.1, -0.05) is 168 Å². The first-order chi connectivity index (χ1) is 23.2. The number of unbranched alkanes of at least 4 members (excludes halogenated alkanes) is 22. The Labute approximate surface area is 295 Å². The predicted molar refractivity (Wildman–Crippen MR) is 203 cm³/mol. The lowest BCUT2D eigenvalue weighted by atomic mass is 9.93. The lowest BCUT2D eigenvalue weighted by Crippen LogP contribution is -2.46. The number of guanidine groups is 1. The fraction of sp³-hybridized carbons (Fsp3) is 0.923. The number of rotatable bonds is 35. The summed E-state index contributed by atoms with van der Waals surface area (Å²) >= 11 is 0. The number of nitrogens with one attached hydrogen (secondary N) is 1. The number of hydrogen-bond acceptors (Lipinski definition) is 6. The van der Waals surface area contributed by atoms with Gasteiger partial charge in [0.25, 0.3) is 0 Å². The van der Waals surface area contributed by atoms with Crippen molar-refractivity contribution in [2.24, 2.45) is 28.1 Å². The lowest BCUT2D eigenvalue weighted by Gasteiger charge is -2.25. The summed E-state index contributed by atoms with van der Waals surface area (Å²) in [6.45, 7) is 6.57. The van der Waals surface area contributed by atoms with Gasteiger partial charge in [-0.25, -0.2) is 4.79 Å². The topological polar surface area (TPSA) is 166 Å². The Morgan fingerprint density at radius 3 is 1.52 bits per heavy atom. The number of ether oxygens (including phenoxy) is 1. The number of aliphatic imine (C=N–C) groups is 1. The maximum atomic E-state index is 12.9. The third kappa shape index (κ3) is 29.1. The van der Waals surface area contributed by atoms with Crippen LogP contribution in [0.2, 0.25) is 0 Å². The van der Waals surface area contributed by atoms with Gasteiger partial charge in [0, 0.05) is 13.0 Å². The highest BCUT2D eigenvalue weighted by Crippen LogP contribution is 2.18. The van der Waals surface area contributed by atoms with Crippen LogP contribution in [0, 0.1) is 5.92 Å². The second-order valence-electron chi connectivity index (χ2n) is 14.3. The molecule has 1 amide bonds. The summed E-state index contributed by atoms with van der Waals surface area (Å²) in [4.78, 5) is 29.6. The average molecular weight is 682 g/mol. The molecule has 0 bridgehead atoms. The highest BCUT2D eigenvalue weighted by Gasteiger charge is 2.26. The molecule has 0 aromatic rings. The number of carbonyl (C=O) groups is 2. The minimum absolute atomic E-state index is 0.00922. The molecule has 0 saturated carbocycles. The molecule has 0 aromatic heterocycles. The minimum Gasteiger partial charge on any atom is -0.462 e. The van der Waals surface area contributed by atoms with Gasteiger partial charge in [-0.05, 0) is 25.2 Å². The van der Waals surface area contributed by atoms with Crippen LogP contribution in [0.5, 0.6) is 0 Å². The zero-order valence-corrected chi connectivity index (χ0v) is 31.7. The van der Waals surface area contributed by atoms with Crippen LogP contribution < -0.4 is 22.5 Å². The predicted octanol–water partition coefficient (Wildman–Crippen LogP) is 8.18. The molecule has 0 saturated heterocycles. The number of nitrogens with two attached hydrogens (primary N) is 3. The van der Waals surface area contributed by atoms with Crippen molar-refractivity contribution >= 4 is 17.8 Å². The second-order valence-corrected chi connectivity index (χ2v) is 14.3. The number of aliphatic hydroxyl groups is 1. The standard InChI is InChI=1S/C39H79N5O4/c1-4-6-8-10-12-14-16-17-19-21-23-25-27-29-36(45)44-35(30-31-43-39(41)42)38(47)48-32-34(40)37(46)33(3)28-26-24-22-20-18-15-13-11-9-7-5-2/h33-35,37,46H,4-32,40H2,1-3H3,(H,44,45)(H4,41,42,43)/t33?,34-,35?,37-/m0/s1. The molecule has 0 rings (SSSR count). The van der Waals surface area contributed by atoms with Crippen molar-refractivity contribution in [3.63, 3.8) is 0 Å². The van der Waals surface area contributed by atoms with E-state index >= 15 is 0 Å². The Hall–Kier alpha value is -1.87. The molecule has 8 N–H and O–H groups in total. The fourth-order valence-electron chi connectivity index (χ4n) is 6.24. The van der Waals surface area contributed by atoms with E-state index in [4.69, 9.17) is 21.9 Å². The summed E-state index contributed by atoms with van der Waals surface area (Å²) in [6.07, 6.45) is 30.9. The molecule has 0 spiro atoms. The Morgan fingerprint density at radius 1 is 0.667 bits per heavy atom. The summed E-state index contributed by atoms with van der Waals surface area (Å²) in [5.74, 6) is -0.831. The fourth-order valence-corrected chi connectivity index (χ4v) is 6.24. The van der Waals surface area contributed by atoms with Crippen molar-refractivity contribution in [3.05, 3.63) is 0 Å². The quantitative estimate of drug-likeness (QED) is 0.0195. The van der Waals surface area contributed by atoms with Gasteiger partial charge in [0.2, 0.25) is 5.91 Å². The van der Waals surface area contributed by atoms with Crippen LogP contribution in [0.25, 0.3) is 0 Å². The summed E-state index contributed by atoms with van der Waals surface area (Å²) in [6, 6.07) is -1.57. The molecule has 0 fully saturated rings. The summed E-state index contributed by atoms with van der Waals surface area (Å²) in [5.41, 5.74) is 17.1. The number of hydrogen-bond donors (Lipinski definition) is 5. The lowest BCUT2D eigenvalue weighted by molar-refractivity contribution is -0.149. The molecule has 9 nitrogen and oxygen atoms in total. The van der Waals surface area contributed by atoms with E-state index in [0.29, 0.717) is 6.42 Å². The van der Waals surface area contributed by atoms with E-state index in [-0.39, 0.29) is 37.4 Å². The van der Waals surface area contributed by atoms with E-state index in [9.17, 15) is 14.7 Å². The van der Waals surface area contributed by atoms with Gasteiger partial charge in [0.15, 0.2) is 5.96 Å². The van der Waals surface area contributed by atoms with Crippen molar-refractivity contribution in [2.45, 2.75) is 212 Å². The Balaban J connectivity index is 4.29. The van der Waals surface area contributed by atoms with Crippen LogP contribution in [0.15, 0.2) is 4.99 Å². The monoisotopic (exact) mass is 682 g/mol. The van der Waals surface area contributed by atoms with E-state index in [1.165, 1.54) is 122 Å². The number of esters is 1. The van der Waals surface area contributed by atoms with Crippen LogP contribution in [0.1, 0.15) is 194 Å². The first-order valence-corrected chi connectivity index (χ1v) is 20.2. The van der Waals surface area contributed by atoms with E-state index in [1.54, 1.807) is 0 Å². The van der Waals surface area contributed by atoms with Crippen LogP contribution in [-0.2, 0) is 14.3 Å². The maximum absolute atomic E-state index is 12.9. The van der Waals surface area contributed by atoms with Crippen LogP contribution >= 0.6 is 0 Å². The van der Waals surface area contributed by atoms with Crippen molar-refractivity contribution in [1.29, 1.82) is 0 Å². The minimum atomic E-state index is -0.874. The molecule has 0 aromatic carbocycles. The van der Waals surface area contributed by atoms with E-state index in [1.807, 2.05) is 6.92 Å². The summed E-state index contributed by atoms with van der Waals surface area (Å²) < 4.78 is 5.48. The molecule has 284 valence electrons. The zero-order chi connectivity index (χ0) is 35.7. The Kier molecular flexibility index (Phi) is 32.3. The van der Waals surface area contributed by atoms with Gasteiger partial charge < -0.3 is 32.4 Å². The van der Waals surface area contributed by atoms with Gasteiger partial charge in [0.1, 0.15) is 12.6 Å². The van der Waals surface area contributed by atoms with Crippen LogP contribution in [0.3, 0.4) is 0 Å². The molecule has 0 aliphatic heterocycles. The van der Waals surface area contributed by atoms with Gasteiger partial charge in [-0.2, -0.15) is 0 Å². The molecule has 0 aliphatic rings. The van der Waals surface area contributed by atoms with E-state index < -0.39 is 24.2 Å². The molecular formula is C39H79N5O4. The SMILES string of the molecule is CCCCCCCCCCCCCCCC(=O)NC(CCN=C(N)N)C(=O)OC[C@H](N)[C@@H](O)C(C)CCCCCCCCCCCCC. The van der Waals surface area contributed by atoms with Crippen LogP contribution in [-0.4, -0.2) is 54.3 Å². The largest absolute Gasteiger partial charge is 0.462 e. The molecule has 0 heterocycles.